The number of ether oxygens (including phenoxy) is 1. The van der Waals surface area contributed by atoms with Gasteiger partial charge in [0, 0.05) is 41.5 Å². The summed E-state index contributed by atoms with van der Waals surface area (Å²) in [6.45, 7) is 2.58. The van der Waals surface area contributed by atoms with Gasteiger partial charge in [0.25, 0.3) is 5.91 Å². The second-order valence-electron chi connectivity index (χ2n) is 9.61. The van der Waals surface area contributed by atoms with Gasteiger partial charge in [-0.3, -0.25) is 4.79 Å². The van der Waals surface area contributed by atoms with Crippen molar-refractivity contribution in [2.45, 2.75) is 44.5 Å². The van der Waals surface area contributed by atoms with Gasteiger partial charge in [-0.2, -0.15) is 13.2 Å². The minimum absolute atomic E-state index is 0.0578. The minimum Gasteiger partial charge on any atom is -0.367 e. The number of nitrogens with zero attached hydrogens (tertiary/aromatic N) is 4. The van der Waals surface area contributed by atoms with Crippen LogP contribution in [0.3, 0.4) is 0 Å². The van der Waals surface area contributed by atoms with Gasteiger partial charge in [0.15, 0.2) is 0 Å². The molecule has 5 rings (SSSR count). The monoisotopic (exact) mass is 545 g/mol. The van der Waals surface area contributed by atoms with E-state index in [0.29, 0.717) is 28.1 Å². The lowest BCUT2D eigenvalue weighted by Crippen LogP contribution is -2.45. The van der Waals surface area contributed by atoms with E-state index in [-0.39, 0.29) is 12.5 Å². The van der Waals surface area contributed by atoms with Crippen molar-refractivity contribution in [2.24, 2.45) is 0 Å². The molecule has 202 valence electrons. The average Bonchev–Trinajstić information content (AvgIpc) is 3.61. The average molecular weight is 546 g/mol. The van der Waals surface area contributed by atoms with E-state index in [2.05, 4.69) is 20.2 Å². The van der Waals surface area contributed by atoms with E-state index in [1.807, 2.05) is 29.2 Å². The van der Waals surface area contributed by atoms with Crippen molar-refractivity contribution in [1.29, 1.82) is 0 Å². The van der Waals surface area contributed by atoms with Crippen LogP contribution in [0.2, 0.25) is 0 Å². The summed E-state index contributed by atoms with van der Waals surface area (Å²) < 4.78 is 41.6. The SMILES string of the molecule is O=C(c1ccc(Nc2nccc(-c3ccc(COCC(F)(F)F)s3)n2)cc1)N1CCC(N2CCCC2)CC1. The van der Waals surface area contributed by atoms with Crippen molar-refractivity contribution in [1.82, 2.24) is 19.8 Å². The summed E-state index contributed by atoms with van der Waals surface area (Å²) in [6, 6.07) is 13.2. The number of likely N-dealkylation sites (tertiary alicyclic amines) is 2. The first-order chi connectivity index (χ1) is 18.3. The largest absolute Gasteiger partial charge is 0.411 e. The number of aromatic nitrogens is 2. The number of carbonyl (C=O) groups excluding carboxylic acids is 1. The maximum Gasteiger partial charge on any atom is 0.411 e. The van der Waals surface area contributed by atoms with Gasteiger partial charge in [-0.05, 0) is 81.2 Å². The first kappa shape index (κ1) is 26.6. The van der Waals surface area contributed by atoms with Gasteiger partial charge in [0.2, 0.25) is 5.95 Å². The lowest BCUT2D eigenvalue weighted by atomic mass is 10.0. The third-order valence-corrected chi connectivity index (χ3v) is 7.96. The Morgan fingerprint density at radius 2 is 1.76 bits per heavy atom. The number of halogens is 3. The molecule has 2 aliphatic heterocycles. The zero-order chi connectivity index (χ0) is 26.5. The molecule has 1 N–H and O–H groups in total. The molecule has 0 bridgehead atoms. The molecule has 0 saturated carbocycles. The van der Waals surface area contributed by atoms with Gasteiger partial charge in [0.05, 0.1) is 17.2 Å². The highest BCUT2D eigenvalue weighted by molar-refractivity contribution is 7.15. The molecule has 2 aromatic heterocycles. The number of hydrogen-bond donors (Lipinski definition) is 1. The number of nitrogens with one attached hydrogen (secondary N) is 1. The Hall–Kier alpha value is -3.02. The molecule has 38 heavy (non-hydrogen) atoms. The van der Waals surface area contributed by atoms with Crippen LogP contribution in [0.5, 0.6) is 0 Å². The number of benzene rings is 1. The van der Waals surface area contributed by atoms with Crippen molar-refractivity contribution >= 4 is 28.9 Å². The molecule has 1 aromatic carbocycles. The fourth-order valence-corrected chi connectivity index (χ4v) is 5.88. The summed E-state index contributed by atoms with van der Waals surface area (Å²) in [5, 5.41) is 3.16. The van der Waals surface area contributed by atoms with Crippen molar-refractivity contribution in [2.75, 3.05) is 38.1 Å². The molecule has 4 heterocycles. The topological polar surface area (TPSA) is 70.6 Å². The first-order valence-corrected chi connectivity index (χ1v) is 13.6. The Morgan fingerprint density at radius 3 is 2.47 bits per heavy atom. The predicted octanol–water partition coefficient (Wildman–Crippen LogP) is 5.73. The normalized spacial score (nSPS) is 17.2. The van der Waals surface area contributed by atoms with Gasteiger partial charge in [-0.1, -0.05) is 0 Å². The Kier molecular flexibility index (Phi) is 8.25. The Morgan fingerprint density at radius 1 is 1.03 bits per heavy atom. The summed E-state index contributed by atoms with van der Waals surface area (Å²) in [4.78, 5) is 27.8. The maximum absolute atomic E-state index is 13.0. The quantitative estimate of drug-likeness (QED) is 0.390. The van der Waals surface area contributed by atoms with Crippen LogP contribution >= 0.6 is 11.3 Å². The third-order valence-electron chi connectivity index (χ3n) is 6.88. The smallest absolute Gasteiger partial charge is 0.367 e. The number of piperidine rings is 1. The fraction of sp³-hybridized carbons (Fsp3) is 0.444. The molecule has 2 aliphatic rings. The molecule has 0 unspecified atom stereocenters. The summed E-state index contributed by atoms with van der Waals surface area (Å²) in [6.07, 6.45) is 1.91. The molecule has 2 fully saturated rings. The number of rotatable bonds is 8. The van der Waals surface area contributed by atoms with Gasteiger partial charge in [0.1, 0.15) is 6.61 Å². The van der Waals surface area contributed by atoms with E-state index < -0.39 is 12.8 Å². The third kappa shape index (κ3) is 6.89. The molecular formula is C27H30F3N5O2S. The van der Waals surface area contributed by atoms with Crippen molar-refractivity contribution in [3.8, 4) is 10.6 Å². The molecule has 1 amide bonds. The second-order valence-corrected chi connectivity index (χ2v) is 10.8. The number of anilines is 2. The number of carbonyl (C=O) groups is 1. The van der Waals surface area contributed by atoms with Crippen LogP contribution in [0.1, 0.15) is 40.9 Å². The lowest BCUT2D eigenvalue weighted by Gasteiger charge is -2.36. The van der Waals surface area contributed by atoms with Gasteiger partial charge in [-0.15, -0.1) is 11.3 Å². The number of alkyl halides is 3. The van der Waals surface area contributed by atoms with Crippen molar-refractivity contribution in [3.05, 3.63) is 59.1 Å². The van der Waals surface area contributed by atoms with Crippen LogP contribution < -0.4 is 5.32 Å². The predicted molar refractivity (Wildman–Crippen MR) is 141 cm³/mol. The van der Waals surface area contributed by atoms with Gasteiger partial charge < -0.3 is 19.9 Å². The van der Waals surface area contributed by atoms with Crippen molar-refractivity contribution in [3.63, 3.8) is 0 Å². The minimum atomic E-state index is -4.34. The van der Waals surface area contributed by atoms with Gasteiger partial charge in [-0.25, -0.2) is 9.97 Å². The van der Waals surface area contributed by atoms with Crippen molar-refractivity contribution < 1.29 is 22.7 Å². The van der Waals surface area contributed by atoms with E-state index >= 15 is 0 Å². The number of hydrogen-bond acceptors (Lipinski definition) is 7. The molecule has 2 saturated heterocycles. The Bertz CT molecular complexity index is 1220. The van der Waals surface area contributed by atoms with Crippen LogP contribution in [0.4, 0.5) is 24.8 Å². The maximum atomic E-state index is 13.0. The summed E-state index contributed by atoms with van der Waals surface area (Å²) >= 11 is 1.32. The van der Waals surface area contributed by atoms with E-state index in [9.17, 15) is 18.0 Å². The van der Waals surface area contributed by atoms with Crippen LogP contribution in [-0.2, 0) is 11.3 Å². The highest BCUT2D eigenvalue weighted by Gasteiger charge is 2.29. The lowest BCUT2D eigenvalue weighted by molar-refractivity contribution is -0.176. The fourth-order valence-electron chi connectivity index (χ4n) is 4.97. The van der Waals surface area contributed by atoms with Crippen LogP contribution in [0.25, 0.3) is 10.6 Å². The van der Waals surface area contributed by atoms with Crippen LogP contribution in [-0.4, -0.2) is 70.7 Å². The highest BCUT2D eigenvalue weighted by atomic mass is 32.1. The van der Waals surface area contributed by atoms with E-state index in [1.54, 1.807) is 24.4 Å². The molecule has 3 aromatic rings. The van der Waals surface area contributed by atoms with E-state index in [1.165, 1.54) is 37.3 Å². The first-order valence-electron chi connectivity index (χ1n) is 12.8. The zero-order valence-electron chi connectivity index (χ0n) is 20.9. The van der Waals surface area contributed by atoms with Crippen LogP contribution in [0, 0.1) is 0 Å². The number of thiophene rings is 1. The van der Waals surface area contributed by atoms with Gasteiger partial charge >= 0.3 is 6.18 Å². The number of amides is 1. The highest BCUT2D eigenvalue weighted by Crippen LogP contribution is 2.29. The molecular weight excluding hydrogens is 515 g/mol. The molecule has 7 nitrogen and oxygen atoms in total. The van der Waals surface area contributed by atoms with E-state index in [0.717, 1.165) is 36.5 Å². The second kappa shape index (κ2) is 11.8. The Balaban J connectivity index is 1.15. The molecule has 11 heteroatoms. The summed E-state index contributed by atoms with van der Waals surface area (Å²) in [5.41, 5.74) is 2.06. The van der Waals surface area contributed by atoms with E-state index in [4.69, 9.17) is 4.74 Å². The molecule has 0 spiro atoms. The zero-order valence-corrected chi connectivity index (χ0v) is 21.7. The van der Waals surface area contributed by atoms with Crippen LogP contribution in [0.15, 0.2) is 48.7 Å². The molecule has 0 aliphatic carbocycles. The standard InChI is InChI=1S/C27H30F3N5O2S/c28-27(29,30)18-37-17-22-7-8-24(38-22)23-9-12-31-26(33-23)32-20-5-3-19(4-6-20)25(36)35-15-10-21(11-16-35)34-13-1-2-14-34/h3-9,12,21H,1-2,10-11,13-18H2,(H,31,32,33). The summed E-state index contributed by atoms with van der Waals surface area (Å²) in [7, 11) is 0. The molecule has 0 radical (unpaired) electrons. The Labute approximate surface area is 223 Å². The summed E-state index contributed by atoms with van der Waals surface area (Å²) in [5.74, 6) is 0.441. The molecule has 0 atom stereocenters.